The first-order valence-electron chi connectivity index (χ1n) is 12.9. The van der Waals surface area contributed by atoms with Gasteiger partial charge in [-0.3, -0.25) is 0 Å². The Morgan fingerprint density at radius 1 is 0.750 bits per heavy atom. The molecule has 0 heterocycles. The van der Waals surface area contributed by atoms with Crippen molar-refractivity contribution >= 4 is 31.8 Å². The van der Waals surface area contributed by atoms with Crippen molar-refractivity contribution in [3.05, 3.63) is 41.1 Å². The summed E-state index contributed by atoms with van der Waals surface area (Å²) >= 11 is -3.30. The summed E-state index contributed by atoms with van der Waals surface area (Å²) in [5, 5.41) is 0. The van der Waals surface area contributed by atoms with Gasteiger partial charge in [0.2, 0.25) is 0 Å². The van der Waals surface area contributed by atoms with E-state index < -0.39 is 17.1 Å². The van der Waals surface area contributed by atoms with Crippen LogP contribution in [0.1, 0.15) is 106 Å². The van der Waals surface area contributed by atoms with Crippen LogP contribution in [0.3, 0.4) is 0 Å². The number of allylic oxidation sites excluding steroid dienone is 8. The fourth-order valence-electron chi connectivity index (χ4n) is 5.72. The number of rotatable bonds is 12. The van der Waals surface area contributed by atoms with Crippen LogP contribution in [-0.2, 0) is 17.1 Å². The minimum Gasteiger partial charge on any atom is -0.147 e. The number of hydrogen-bond donors (Lipinski definition) is 0. The summed E-state index contributed by atoms with van der Waals surface area (Å²) in [6.07, 6.45) is 18.4. The SMILES string of the molecule is CCCCC1=[C]([Hf]([CH3])([CH3])(=[SiH2])[C]2=C(CCCC)C=C(CC(C)C)C2)CC(CC(C)C)=C1.Cl.Cl. The van der Waals surface area contributed by atoms with Crippen LogP contribution in [0, 0.1) is 11.8 Å². The normalized spacial score (nSPS) is 17.1. The second-order valence-corrected chi connectivity index (χ2v) is 53.1. The summed E-state index contributed by atoms with van der Waals surface area (Å²) in [5.41, 5.74) is 6.99. The van der Waals surface area contributed by atoms with Crippen molar-refractivity contribution in [1.29, 1.82) is 0 Å². The van der Waals surface area contributed by atoms with Crippen LogP contribution < -0.4 is 0 Å². The second kappa shape index (κ2) is 13.6. The van der Waals surface area contributed by atoms with Crippen molar-refractivity contribution in [2.45, 2.75) is 115 Å². The van der Waals surface area contributed by atoms with Gasteiger partial charge in [-0.15, -0.1) is 24.8 Å². The molecular weight excluding hydrogens is 614 g/mol. The zero-order chi connectivity index (χ0) is 22.6. The van der Waals surface area contributed by atoms with Crippen molar-refractivity contribution in [2.24, 2.45) is 11.8 Å². The van der Waals surface area contributed by atoms with E-state index in [2.05, 4.69) is 70.0 Å². The van der Waals surface area contributed by atoms with Gasteiger partial charge >= 0.3 is 192 Å². The molecule has 4 heteroatoms. The number of halogens is 2. The quantitative estimate of drug-likeness (QED) is 0.182. The summed E-state index contributed by atoms with van der Waals surface area (Å²) in [6, 6.07) is 0. The molecule has 186 valence electrons. The van der Waals surface area contributed by atoms with Gasteiger partial charge in [-0.1, -0.05) is 0 Å². The van der Waals surface area contributed by atoms with E-state index in [1.54, 1.807) is 22.3 Å². The average Bonchev–Trinajstić information content (AvgIpc) is 3.22. The molecule has 0 N–H and O–H groups in total. The molecular formula is C28H52Cl2HfSi. The van der Waals surface area contributed by atoms with Crippen LogP contribution in [0.2, 0.25) is 9.36 Å². The van der Waals surface area contributed by atoms with E-state index in [0.717, 1.165) is 11.8 Å². The first kappa shape index (κ1) is 32.6. The molecule has 0 aromatic rings. The van der Waals surface area contributed by atoms with Crippen LogP contribution in [-0.4, -0.2) is 6.94 Å². The summed E-state index contributed by atoms with van der Waals surface area (Å²) in [4.78, 5) is 0. The van der Waals surface area contributed by atoms with Crippen LogP contribution in [0.5, 0.6) is 0 Å². The third kappa shape index (κ3) is 8.38. The van der Waals surface area contributed by atoms with Gasteiger partial charge in [0.15, 0.2) is 0 Å². The van der Waals surface area contributed by atoms with Gasteiger partial charge in [-0.25, -0.2) is 0 Å². The van der Waals surface area contributed by atoms with Crippen LogP contribution in [0.4, 0.5) is 0 Å². The standard InChI is InChI=1S/2C13H21.2CH3.2ClH.Hf.H2Si/c2*1-4-5-6-12-7-8-13(10-12)9-11(2)3;;;;;;/h2*10-11H,4-6,8-9H2,1-3H3;2*1H3;2*1H;;1H2. The average molecular weight is 666 g/mol. The molecule has 0 radical (unpaired) electrons. The molecule has 0 aromatic carbocycles. The molecule has 0 unspecified atom stereocenters. The first-order valence-corrected chi connectivity index (χ1v) is 32.0. The van der Waals surface area contributed by atoms with Crippen molar-refractivity contribution in [2.75, 3.05) is 0 Å². The zero-order valence-electron chi connectivity index (χ0n) is 22.4. The van der Waals surface area contributed by atoms with Gasteiger partial charge in [0, 0.05) is 0 Å². The Balaban J connectivity index is 0.00000480. The molecule has 2 aliphatic rings. The van der Waals surface area contributed by atoms with Crippen LogP contribution >= 0.6 is 24.8 Å². The second-order valence-electron chi connectivity index (χ2n) is 12.1. The molecule has 0 aromatic heterocycles. The fourth-order valence-corrected chi connectivity index (χ4v) is 27.3. The summed E-state index contributed by atoms with van der Waals surface area (Å²) in [6.45, 7) is 16.7. The van der Waals surface area contributed by atoms with Gasteiger partial charge in [0.1, 0.15) is 0 Å². The van der Waals surface area contributed by atoms with E-state index >= 15 is 0 Å². The Kier molecular flexibility index (Phi) is 13.9. The van der Waals surface area contributed by atoms with Gasteiger partial charge in [-0.2, -0.15) is 0 Å². The molecule has 0 saturated carbocycles. The minimum absolute atomic E-state index is 0. The predicted molar refractivity (Wildman–Crippen MR) is 152 cm³/mol. The van der Waals surface area contributed by atoms with Gasteiger partial charge in [0.05, 0.1) is 0 Å². The fraction of sp³-hybridized carbons (Fsp3) is 0.714. The molecule has 0 atom stereocenters. The molecule has 0 aliphatic heterocycles. The predicted octanol–water partition coefficient (Wildman–Crippen LogP) is 9.80. The Bertz CT molecular complexity index is 756. The maximum Gasteiger partial charge on any atom is -0.147 e. The van der Waals surface area contributed by atoms with Gasteiger partial charge in [0.25, 0.3) is 0 Å². The van der Waals surface area contributed by atoms with Gasteiger partial charge < -0.3 is 0 Å². The monoisotopic (exact) mass is 666 g/mol. The van der Waals surface area contributed by atoms with E-state index in [1.165, 1.54) is 64.2 Å². The topological polar surface area (TPSA) is 0 Å². The molecule has 32 heavy (non-hydrogen) atoms. The van der Waals surface area contributed by atoms with E-state index in [1.807, 2.05) is 6.66 Å². The van der Waals surface area contributed by atoms with Crippen LogP contribution in [0.15, 0.2) is 41.1 Å². The first-order chi connectivity index (χ1) is 14.0. The Morgan fingerprint density at radius 2 is 1.09 bits per heavy atom. The summed E-state index contributed by atoms with van der Waals surface area (Å²) in [5.74, 6) is 1.53. The maximum absolute atomic E-state index is 3.30. The molecule has 0 fully saturated rings. The molecule has 0 amide bonds. The number of unbranched alkanes of at least 4 members (excludes halogenated alkanes) is 2. The van der Waals surface area contributed by atoms with Crippen molar-refractivity contribution in [3.63, 3.8) is 0 Å². The molecule has 0 nitrogen and oxygen atoms in total. The van der Waals surface area contributed by atoms with E-state index in [-0.39, 0.29) is 24.8 Å². The van der Waals surface area contributed by atoms with E-state index in [4.69, 9.17) is 0 Å². The molecule has 2 rings (SSSR count). The molecule has 0 spiro atoms. The summed E-state index contributed by atoms with van der Waals surface area (Å²) < 4.78 is 9.49. The smallest absolute Gasteiger partial charge is 0.147 e. The molecule has 0 bridgehead atoms. The van der Waals surface area contributed by atoms with Crippen molar-refractivity contribution < 1.29 is 17.1 Å². The minimum atomic E-state index is -3.30. The Morgan fingerprint density at radius 3 is 1.38 bits per heavy atom. The number of hydrogen-bond acceptors (Lipinski definition) is 0. The third-order valence-electron chi connectivity index (χ3n) is 7.22. The summed E-state index contributed by atoms with van der Waals surface area (Å²) in [7, 11) is 0. The zero-order valence-corrected chi connectivity index (χ0v) is 29.0. The van der Waals surface area contributed by atoms with E-state index in [0.29, 0.717) is 0 Å². The van der Waals surface area contributed by atoms with Gasteiger partial charge in [-0.05, 0) is 0 Å². The van der Waals surface area contributed by atoms with Crippen molar-refractivity contribution in [3.8, 4) is 0 Å². The largest absolute Gasteiger partial charge is 0.147 e. The van der Waals surface area contributed by atoms with Crippen LogP contribution in [0.25, 0.3) is 0 Å². The van der Waals surface area contributed by atoms with Crippen molar-refractivity contribution in [1.82, 2.24) is 0 Å². The van der Waals surface area contributed by atoms with E-state index in [9.17, 15) is 0 Å². The maximum atomic E-state index is 2.79. The Labute approximate surface area is 215 Å². The molecule has 2 aliphatic carbocycles. The Hall–Kier alpha value is 0.627. The third-order valence-corrected chi connectivity index (χ3v) is 31.7. The molecule has 0 saturated heterocycles.